The third-order valence-electron chi connectivity index (χ3n) is 2.86. The fourth-order valence-electron chi connectivity index (χ4n) is 2.12. The molecule has 2 fully saturated rings. The number of allylic oxidation sites excluding steroid dienone is 1. The van der Waals surface area contributed by atoms with Crippen molar-refractivity contribution in [2.75, 3.05) is 0 Å². The van der Waals surface area contributed by atoms with Crippen molar-refractivity contribution in [2.24, 2.45) is 11.8 Å². The van der Waals surface area contributed by atoms with Crippen molar-refractivity contribution in [3.63, 3.8) is 0 Å². The second-order valence-corrected chi connectivity index (χ2v) is 3.43. The van der Waals surface area contributed by atoms with Crippen LogP contribution >= 0.6 is 0 Å². The van der Waals surface area contributed by atoms with Crippen molar-refractivity contribution < 1.29 is 0 Å². The van der Waals surface area contributed by atoms with Gasteiger partial charge in [-0.2, -0.15) is 0 Å². The number of hydrogen-bond acceptors (Lipinski definition) is 0. The molecule has 0 unspecified atom stereocenters. The summed E-state index contributed by atoms with van der Waals surface area (Å²) in [5.41, 5.74) is 1.56. The van der Waals surface area contributed by atoms with Crippen molar-refractivity contribution in [3.8, 4) is 0 Å². The molecule has 0 heteroatoms. The third kappa shape index (κ3) is 0.810. The highest BCUT2D eigenvalue weighted by atomic mass is 14.5. The summed E-state index contributed by atoms with van der Waals surface area (Å²) in [6.07, 6.45) is 7.29. The number of fused-ring (bicyclic) bond motifs is 1. The van der Waals surface area contributed by atoms with Crippen LogP contribution in [0, 0.1) is 11.8 Å². The van der Waals surface area contributed by atoms with Crippen LogP contribution in [0.5, 0.6) is 0 Å². The van der Waals surface area contributed by atoms with Crippen molar-refractivity contribution in [1.82, 2.24) is 0 Å². The van der Waals surface area contributed by atoms with E-state index in [0.717, 1.165) is 11.8 Å². The summed E-state index contributed by atoms with van der Waals surface area (Å²) in [5, 5.41) is 0. The van der Waals surface area contributed by atoms with Crippen LogP contribution in [0.2, 0.25) is 0 Å². The van der Waals surface area contributed by atoms with Gasteiger partial charge in [0.25, 0.3) is 0 Å². The smallest absolute Gasteiger partial charge is 0.0137 e. The lowest BCUT2D eigenvalue weighted by Gasteiger charge is -1.92. The van der Waals surface area contributed by atoms with Gasteiger partial charge in [-0.15, -0.1) is 0 Å². The number of hydrogen-bond donors (Lipinski definition) is 0. The first kappa shape index (κ1) is 5.52. The fraction of sp³-hybridized carbons (Fsp3) is 0.778. The highest BCUT2D eigenvalue weighted by molar-refractivity contribution is 5.26. The van der Waals surface area contributed by atoms with E-state index in [2.05, 4.69) is 6.58 Å². The van der Waals surface area contributed by atoms with E-state index in [9.17, 15) is 0 Å². The SMILES string of the molecule is C=C1[C@H]2CCCCC[C@@H]12. The summed E-state index contributed by atoms with van der Waals surface area (Å²) in [6, 6.07) is 0. The highest BCUT2D eigenvalue weighted by Crippen LogP contribution is 2.52. The van der Waals surface area contributed by atoms with Crippen molar-refractivity contribution in [2.45, 2.75) is 32.1 Å². The molecule has 0 aliphatic heterocycles. The Bertz CT molecular complexity index is 121. The minimum absolute atomic E-state index is 0.965. The summed E-state index contributed by atoms with van der Waals surface area (Å²) in [7, 11) is 0. The molecule has 0 aromatic heterocycles. The van der Waals surface area contributed by atoms with Crippen molar-refractivity contribution >= 4 is 0 Å². The first-order valence-corrected chi connectivity index (χ1v) is 4.08. The van der Waals surface area contributed by atoms with Gasteiger partial charge in [-0.1, -0.05) is 31.4 Å². The first-order valence-electron chi connectivity index (χ1n) is 4.08. The monoisotopic (exact) mass is 122 g/mol. The standard InChI is InChI=1S/C9H14/c1-7-8-5-3-2-4-6-9(7)8/h8-9H,1-6H2/t8-,9+. The zero-order valence-corrected chi connectivity index (χ0v) is 5.90. The van der Waals surface area contributed by atoms with Crippen molar-refractivity contribution in [3.05, 3.63) is 12.2 Å². The molecule has 9 heavy (non-hydrogen) atoms. The highest BCUT2D eigenvalue weighted by Gasteiger charge is 2.41. The Hall–Kier alpha value is -0.260. The molecule has 0 saturated heterocycles. The Morgan fingerprint density at radius 1 is 1.00 bits per heavy atom. The molecule has 0 radical (unpaired) electrons. The molecule has 0 nitrogen and oxygen atoms in total. The maximum atomic E-state index is 4.05. The molecule has 0 N–H and O–H groups in total. The molecule has 0 aromatic carbocycles. The summed E-state index contributed by atoms with van der Waals surface area (Å²) >= 11 is 0. The van der Waals surface area contributed by atoms with Crippen LogP contribution < -0.4 is 0 Å². The van der Waals surface area contributed by atoms with E-state index in [0.29, 0.717) is 0 Å². The Morgan fingerprint density at radius 3 is 2.11 bits per heavy atom. The maximum absolute atomic E-state index is 4.05. The summed E-state index contributed by atoms with van der Waals surface area (Å²) in [4.78, 5) is 0. The molecule has 0 amide bonds. The second kappa shape index (κ2) is 1.86. The quantitative estimate of drug-likeness (QED) is 0.433. The zero-order valence-electron chi connectivity index (χ0n) is 5.90. The summed E-state index contributed by atoms with van der Waals surface area (Å²) in [5.74, 6) is 1.93. The molecule has 2 saturated carbocycles. The van der Waals surface area contributed by atoms with Gasteiger partial charge in [-0.25, -0.2) is 0 Å². The average Bonchev–Trinajstić information content (AvgIpc) is 2.51. The summed E-state index contributed by atoms with van der Waals surface area (Å²) in [6.45, 7) is 4.05. The van der Waals surface area contributed by atoms with Gasteiger partial charge in [0, 0.05) is 0 Å². The van der Waals surface area contributed by atoms with Crippen LogP contribution in [0.4, 0.5) is 0 Å². The van der Waals surface area contributed by atoms with Gasteiger partial charge in [-0.05, 0) is 24.7 Å². The van der Waals surface area contributed by atoms with E-state index in [4.69, 9.17) is 0 Å². The third-order valence-corrected chi connectivity index (χ3v) is 2.86. The Balaban J connectivity index is 2.00. The van der Waals surface area contributed by atoms with Gasteiger partial charge in [0.15, 0.2) is 0 Å². The zero-order chi connectivity index (χ0) is 6.27. The van der Waals surface area contributed by atoms with Gasteiger partial charge in [0.1, 0.15) is 0 Å². The van der Waals surface area contributed by atoms with Gasteiger partial charge >= 0.3 is 0 Å². The second-order valence-electron chi connectivity index (χ2n) is 3.43. The first-order chi connectivity index (χ1) is 4.39. The molecule has 0 bridgehead atoms. The van der Waals surface area contributed by atoms with Crippen LogP contribution in [0.25, 0.3) is 0 Å². The van der Waals surface area contributed by atoms with Crippen LogP contribution in [0.3, 0.4) is 0 Å². The molecular formula is C9H14. The molecule has 2 atom stereocenters. The molecule has 0 heterocycles. The van der Waals surface area contributed by atoms with E-state index in [1.54, 1.807) is 5.57 Å². The van der Waals surface area contributed by atoms with E-state index in [-0.39, 0.29) is 0 Å². The van der Waals surface area contributed by atoms with Crippen LogP contribution in [0.15, 0.2) is 12.2 Å². The minimum atomic E-state index is 0.965. The van der Waals surface area contributed by atoms with E-state index in [1.807, 2.05) is 0 Å². The van der Waals surface area contributed by atoms with Crippen molar-refractivity contribution in [1.29, 1.82) is 0 Å². The summed E-state index contributed by atoms with van der Waals surface area (Å²) < 4.78 is 0. The molecular weight excluding hydrogens is 108 g/mol. The van der Waals surface area contributed by atoms with E-state index >= 15 is 0 Å². The van der Waals surface area contributed by atoms with Gasteiger partial charge in [-0.3, -0.25) is 0 Å². The van der Waals surface area contributed by atoms with E-state index < -0.39 is 0 Å². The van der Waals surface area contributed by atoms with Gasteiger partial charge in [0.05, 0.1) is 0 Å². The van der Waals surface area contributed by atoms with E-state index in [1.165, 1.54) is 32.1 Å². The van der Waals surface area contributed by atoms with Gasteiger partial charge in [0.2, 0.25) is 0 Å². The molecule has 2 rings (SSSR count). The largest absolute Gasteiger partial charge is 0.0993 e. The average molecular weight is 122 g/mol. The minimum Gasteiger partial charge on any atom is -0.0993 e. The molecule has 50 valence electrons. The number of rotatable bonds is 0. The Kier molecular flexibility index (Phi) is 1.14. The van der Waals surface area contributed by atoms with Crippen LogP contribution in [-0.2, 0) is 0 Å². The predicted molar refractivity (Wildman–Crippen MR) is 39.2 cm³/mol. The normalized spacial score (nSPS) is 41.6. The molecule has 0 aromatic rings. The molecule has 2 aliphatic carbocycles. The molecule has 2 aliphatic rings. The lowest BCUT2D eigenvalue weighted by molar-refractivity contribution is 0.663. The lowest BCUT2D eigenvalue weighted by Crippen LogP contribution is -1.74. The predicted octanol–water partition coefficient (Wildman–Crippen LogP) is 2.75. The van der Waals surface area contributed by atoms with Crippen LogP contribution in [-0.4, -0.2) is 0 Å². The lowest BCUT2D eigenvalue weighted by atomic mass is 10.1. The van der Waals surface area contributed by atoms with Gasteiger partial charge < -0.3 is 0 Å². The fourth-order valence-corrected chi connectivity index (χ4v) is 2.12. The maximum Gasteiger partial charge on any atom is -0.0137 e. The Labute approximate surface area is 57.0 Å². The Morgan fingerprint density at radius 2 is 1.56 bits per heavy atom. The van der Waals surface area contributed by atoms with Crippen LogP contribution in [0.1, 0.15) is 32.1 Å². The molecule has 0 spiro atoms. The topological polar surface area (TPSA) is 0 Å².